The lowest BCUT2D eigenvalue weighted by atomic mass is 10.1. The Morgan fingerprint density at radius 2 is 1.82 bits per heavy atom. The van der Waals surface area contributed by atoms with Crippen LogP contribution in [-0.4, -0.2) is 48.2 Å². The molecule has 0 radical (unpaired) electrons. The van der Waals surface area contributed by atoms with Gasteiger partial charge in [0.2, 0.25) is 0 Å². The standard InChI is InChI=1S/C16H20O6/c1-16(2)21-13-11(17)12(20-15(13)22-16)10-8-18-14(19-10)9-6-4-3-5-7-9/h3-7,10-15,17H,8H2,1-2H3/t10-,11+,12-,13-,14?,15-/m1/s1. The molecule has 1 N–H and O–H groups in total. The van der Waals surface area contributed by atoms with Crippen molar-refractivity contribution in [3.63, 3.8) is 0 Å². The Morgan fingerprint density at radius 1 is 1.05 bits per heavy atom. The van der Waals surface area contributed by atoms with Crippen LogP contribution in [0.1, 0.15) is 25.7 Å². The van der Waals surface area contributed by atoms with Gasteiger partial charge in [-0.3, -0.25) is 0 Å². The van der Waals surface area contributed by atoms with Gasteiger partial charge >= 0.3 is 0 Å². The topological polar surface area (TPSA) is 66.4 Å². The van der Waals surface area contributed by atoms with E-state index in [9.17, 15) is 5.11 Å². The molecule has 6 heteroatoms. The maximum atomic E-state index is 10.4. The van der Waals surface area contributed by atoms with Crippen LogP contribution in [0.3, 0.4) is 0 Å². The molecule has 0 spiro atoms. The summed E-state index contributed by atoms with van der Waals surface area (Å²) in [4.78, 5) is 0. The van der Waals surface area contributed by atoms with Crippen LogP contribution < -0.4 is 0 Å². The Hall–Kier alpha value is -1.02. The van der Waals surface area contributed by atoms with Crippen LogP contribution in [0.25, 0.3) is 0 Å². The van der Waals surface area contributed by atoms with E-state index in [1.165, 1.54) is 0 Å². The molecule has 3 aliphatic rings. The molecule has 6 atom stereocenters. The third-order valence-electron chi connectivity index (χ3n) is 4.20. The molecule has 120 valence electrons. The number of aliphatic hydroxyl groups excluding tert-OH is 1. The summed E-state index contributed by atoms with van der Waals surface area (Å²) in [5.41, 5.74) is 0.950. The van der Waals surface area contributed by atoms with Crippen molar-refractivity contribution >= 4 is 0 Å². The van der Waals surface area contributed by atoms with E-state index in [0.717, 1.165) is 5.56 Å². The number of ether oxygens (including phenoxy) is 5. The highest BCUT2D eigenvalue weighted by Crippen LogP contribution is 2.40. The minimum absolute atomic E-state index is 0.346. The summed E-state index contributed by atoms with van der Waals surface area (Å²) in [5, 5.41) is 10.4. The van der Waals surface area contributed by atoms with Gasteiger partial charge < -0.3 is 28.8 Å². The van der Waals surface area contributed by atoms with Crippen molar-refractivity contribution in [1.82, 2.24) is 0 Å². The highest BCUT2D eigenvalue weighted by atomic mass is 16.8. The predicted molar refractivity (Wildman–Crippen MR) is 74.7 cm³/mol. The van der Waals surface area contributed by atoms with Gasteiger partial charge in [-0.1, -0.05) is 30.3 Å². The molecule has 1 aromatic rings. The van der Waals surface area contributed by atoms with Crippen LogP contribution >= 0.6 is 0 Å². The summed E-state index contributed by atoms with van der Waals surface area (Å²) in [6, 6.07) is 9.71. The molecule has 0 amide bonds. The zero-order valence-electron chi connectivity index (χ0n) is 12.5. The zero-order chi connectivity index (χ0) is 15.3. The highest BCUT2D eigenvalue weighted by molar-refractivity contribution is 5.16. The van der Waals surface area contributed by atoms with Gasteiger partial charge in [0, 0.05) is 5.56 Å². The molecule has 3 saturated heterocycles. The maximum Gasteiger partial charge on any atom is 0.190 e. The fraction of sp³-hybridized carbons (Fsp3) is 0.625. The summed E-state index contributed by atoms with van der Waals surface area (Å²) in [6.45, 7) is 3.97. The largest absolute Gasteiger partial charge is 0.387 e. The first-order valence-corrected chi connectivity index (χ1v) is 7.55. The van der Waals surface area contributed by atoms with Gasteiger partial charge in [0.05, 0.1) is 6.61 Å². The lowest BCUT2D eigenvalue weighted by molar-refractivity contribution is -0.227. The van der Waals surface area contributed by atoms with Gasteiger partial charge in [0.25, 0.3) is 0 Å². The number of fused-ring (bicyclic) bond motifs is 1. The first-order chi connectivity index (χ1) is 10.5. The molecule has 3 fully saturated rings. The summed E-state index contributed by atoms with van der Waals surface area (Å²) in [6.07, 6.45) is -3.13. The number of hydrogen-bond donors (Lipinski definition) is 1. The van der Waals surface area contributed by atoms with E-state index in [-0.39, 0.29) is 6.10 Å². The average Bonchev–Trinajstić information content (AvgIpc) is 3.15. The summed E-state index contributed by atoms with van der Waals surface area (Å²) in [7, 11) is 0. The second-order valence-corrected chi connectivity index (χ2v) is 6.31. The van der Waals surface area contributed by atoms with Crippen LogP contribution in [-0.2, 0) is 23.7 Å². The number of aliphatic hydroxyl groups is 1. The Labute approximate surface area is 128 Å². The van der Waals surface area contributed by atoms with Crippen molar-refractivity contribution in [2.75, 3.05) is 6.61 Å². The fourth-order valence-corrected chi connectivity index (χ4v) is 3.20. The normalized spacial score (nSPS) is 43.4. The molecule has 1 aromatic carbocycles. The lowest BCUT2D eigenvalue weighted by Gasteiger charge is -2.25. The quantitative estimate of drug-likeness (QED) is 0.889. The third kappa shape index (κ3) is 2.46. The van der Waals surface area contributed by atoms with E-state index in [4.69, 9.17) is 23.7 Å². The summed E-state index contributed by atoms with van der Waals surface area (Å²) < 4.78 is 28.7. The monoisotopic (exact) mass is 308 g/mol. The lowest BCUT2D eigenvalue weighted by Crippen LogP contribution is -2.41. The molecule has 22 heavy (non-hydrogen) atoms. The van der Waals surface area contributed by atoms with Crippen molar-refractivity contribution in [3.05, 3.63) is 35.9 Å². The molecule has 0 aliphatic carbocycles. The third-order valence-corrected chi connectivity index (χ3v) is 4.20. The van der Waals surface area contributed by atoms with Gasteiger partial charge in [-0.2, -0.15) is 0 Å². The molecule has 0 bridgehead atoms. The molecule has 3 heterocycles. The Morgan fingerprint density at radius 3 is 2.55 bits per heavy atom. The van der Waals surface area contributed by atoms with E-state index in [0.29, 0.717) is 6.61 Å². The van der Waals surface area contributed by atoms with Crippen LogP contribution in [0.15, 0.2) is 30.3 Å². The Kier molecular flexibility index (Phi) is 3.48. The first kappa shape index (κ1) is 14.6. The van der Waals surface area contributed by atoms with Gasteiger partial charge in [-0.15, -0.1) is 0 Å². The zero-order valence-corrected chi connectivity index (χ0v) is 12.5. The molecule has 4 rings (SSSR count). The number of hydrogen-bond acceptors (Lipinski definition) is 6. The van der Waals surface area contributed by atoms with Gasteiger partial charge in [-0.25, -0.2) is 0 Å². The number of rotatable bonds is 2. The molecular weight excluding hydrogens is 288 g/mol. The molecule has 0 aromatic heterocycles. The first-order valence-electron chi connectivity index (χ1n) is 7.55. The van der Waals surface area contributed by atoms with Gasteiger partial charge in [0.1, 0.15) is 24.4 Å². The van der Waals surface area contributed by atoms with Crippen LogP contribution in [0.4, 0.5) is 0 Å². The summed E-state index contributed by atoms with van der Waals surface area (Å²) in [5.74, 6) is -0.735. The highest BCUT2D eigenvalue weighted by Gasteiger charge is 2.57. The van der Waals surface area contributed by atoms with E-state index in [1.807, 2.05) is 30.3 Å². The number of benzene rings is 1. The molecule has 3 aliphatic heterocycles. The smallest absolute Gasteiger partial charge is 0.190 e. The van der Waals surface area contributed by atoms with Crippen molar-refractivity contribution in [2.45, 2.75) is 56.6 Å². The minimum atomic E-state index is -0.796. The van der Waals surface area contributed by atoms with Crippen molar-refractivity contribution < 1.29 is 28.8 Å². The van der Waals surface area contributed by atoms with E-state index in [2.05, 4.69) is 0 Å². The molecule has 0 saturated carbocycles. The molecule has 6 nitrogen and oxygen atoms in total. The van der Waals surface area contributed by atoms with E-state index < -0.39 is 36.7 Å². The predicted octanol–water partition coefficient (Wildman–Crippen LogP) is 1.34. The van der Waals surface area contributed by atoms with E-state index in [1.54, 1.807) is 13.8 Å². The second kappa shape index (κ2) is 5.26. The maximum absolute atomic E-state index is 10.4. The minimum Gasteiger partial charge on any atom is -0.387 e. The van der Waals surface area contributed by atoms with Gasteiger partial charge in [0.15, 0.2) is 18.4 Å². The second-order valence-electron chi connectivity index (χ2n) is 6.31. The van der Waals surface area contributed by atoms with Crippen molar-refractivity contribution in [3.8, 4) is 0 Å². The van der Waals surface area contributed by atoms with E-state index >= 15 is 0 Å². The van der Waals surface area contributed by atoms with Crippen molar-refractivity contribution in [1.29, 1.82) is 0 Å². The molecular formula is C16H20O6. The van der Waals surface area contributed by atoms with Crippen LogP contribution in [0, 0.1) is 0 Å². The Balaban J connectivity index is 1.43. The Bertz CT molecular complexity index is 533. The fourth-order valence-electron chi connectivity index (χ4n) is 3.20. The van der Waals surface area contributed by atoms with Crippen molar-refractivity contribution in [2.24, 2.45) is 0 Å². The average molecular weight is 308 g/mol. The van der Waals surface area contributed by atoms with Crippen LogP contribution in [0.5, 0.6) is 0 Å². The van der Waals surface area contributed by atoms with Crippen LogP contribution in [0.2, 0.25) is 0 Å². The van der Waals surface area contributed by atoms with Gasteiger partial charge in [-0.05, 0) is 13.8 Å². The SMILES string of the molecule is CC1(C)O[C@H]2O[C@H]([C@H]3COC(c4ccccc4)O3)[C@H](O)[C@H]2O1. The summed E-state index contributed by atoms with van der Waals surface area (Å²) >= 11 is 0. The molecule has 1 unspecified atom stereocenters.